The number of hydrogen-bond donors (Lipinski definition) is 2. The number of benzene rings is 1. The van der Waals surface area contributed by atoms with Gasteiger partial charge < -0.3 is 0 Å². The van der Waals surface area contributed by atoms with Crippen LogP contribution < -0.4 is 11.3 Å². The highest BCUT2D eigenvalue weighted by molar-refractivity contribution is 6.30. The quantitative estimate of drug-likeness (QED) is 0.493. The summed E-state index contributed by atoms with van der Waals surface area (Å²) in [4.78, 5) is 0. The molecule has 7 heteroatoms. The molecule has 0 aliphatic heterocycles. The van der Waals surface area contributed by atoms with Gasteiger partial charge in [-0.2, -0.15) is 13.2 Å². The molecule has 0 amide bonds. The monoisotopic (exact) mass is 324 g/mol. The van der Waals surface area contributed by atoms with Gasteiger partial charge in [0.1, 0.15) is 5.82 Å². The minimum atomic E-state index is -4.30. The zero-order valence-corrected chi connectivity index (χ0v) is 12.0. The van der Waals surface area contributed by atoms with Gasteiger partial charge in [-0.3, -0.25) is 11.3 Å². The highest BCUT2D eigenvalue weighted by Gasteiger charge is 2.48. The lowest BCUT2D eigenvalue weighted by molar-refractivity contribution is -0.199. The molecule has 0 spiro atoms. The van der Waals surface area contributed by atoms with E-state index in [-0.39, 0.29) is 17.0 Å². The maximum Gasteiger partial charge on any atom is 0.392 e. The van der Waals surface area contributed by atoms with Gasteiger partial charge in [-0.15, -0.1) is 0 Å². The molecule has 0 aromatic heterocycles. The van der Waals surface area contributed by atoms with Gasteiger partial charge in [0.15, 0.2) is 0 Å². The summed E-state index contributed by atoms with van der Waals surface area (Å²) >= 11 is 5.68. The molecular weight excluding hydrogens is 308 g/mol. The summed E-state index contributed by atoms with van der Waals surface area (Å²) in [6, 6.07) is 3.06. The van der Waals surface area contributed by atoms with Crippen LogP contribution in [0.1, 0.15) is 37.3 Å². The molecule has 0 heterocycles. The van der Waals surface area contributed by atoms with Crippen LogP contribution >= 0.6 is 11.6 Å². The Labute approximate surface area is 125 Å². The molecule has 3 atom stereocenters. The van der Waals surface area contributed by atoms with Gasteiger partial charge in [-0.05, 0) is 30.9 Å². The van der Waals surface area contributed by atoms with Crippen molar-refractivity contribution < 1.29 is 17.6 Å². The standard InChI is InChI=1S/C14H17ClF4N2/c15-8-5-6-10(12(16)7-8)13(21-20)9-3-1-2-4-11(9)14(17,18)19/h5-7,9,11,13,21H,1-4,20H2. The predicted molar refractivity (Wildman–Crippen MR) is 73.0 cm³/mol. The van der Waals surface area contributed by atoms with Gasteiger partial charge >= 0.3 is 6.18 Å². The fourth-order valence-electron chi connectivity index (χ4n) is 3.16. The fourth-order valence-corrected chi connectivity index (χ4v) is 3.32. The maximum absolute atomic E-state index is 14.0. The van der Waals surface area contributed by atoms with Gasteiger partial charge in [0, 0.05) is 10.6 Å². The van der Waals surface area contributed by atoms with Gasteiger partial charge in [0.05, 0.1) is 12.0 Å². The number of nitrogens with two attached hydrogens (primary N) is 1. The van der Waals surface area contributed by atoms with Crippen molar-refractivity contribution in [2.45, 2.75) is 37.9 Å². The lowest BCUT2D eigenvalue weighted by Crippen LogP contribution is -2.43. The number of hydrogen-bond acceptors (Lipinski definition) is 2. The van der Waals surface area contributed by atoms with Gasteiger partial charge in [0.25, 0.3) is 0 Å². The summed E-state index contributed by atoms with van der Waals surface area (Å²) < 4.78 is 53.6. The Kier molecular flexibility index (Phi) is 5.11. The number of halogens is 5. The molecule has 1 aliphatic carbocycles. The lowest BCUT2D eigenvalue weighted by atomic mass is 9.73. The van der Waals surface area contributed by atoms with Crippen molar-refractivity contribution in [2.24, 2.45) is 17.7 Å². The van der Waals surface area contributed by atoms with Crippen LogP contribution in [0.2, 0.25) is 5.02 Å². The summed E-state index contributed by atoms with van der Waals surface area (Å²) in [6.07, 6.45) is -2.67. The molecule has 1 saturated carbocycles. The van der Waals surface area contributed by atoms with Crippen molar-refractivity contribution in [1.82, 2.24) is 5.43 Å². The highest BCUT2D eigenvalue weighted by atomic mass is 35.5. The van der Waals surface area contributed by atoms with E-state index in [1.165, 1.54) is 12.1 Å². The third kappa shape index (κ3) is 3.67. The largest absolute Gasteiger partial charge is 0.392 e. The van der Waals surface area contributed by atoms with E-state index in [1.807, 2.05) is 0 Å². The maximum atomic E-state index is 14.0. The number of nitrogens with one attached hydrogen (secondary N) is 1. The lowest BCUT2D eigenvalue weighted by Gasteiger charge is -2.38. The first-order valence-corrected chi connectivity index (χ1v) is 7.20. The Morgan fingerprint density at radius 2 is 1.90 bits per heavy atom. The summed E-state index contributed by atoms with van der Waals surface area (Å²) in [5.41, 5.74) is 2.50. The van der Waals surface area contributed by atoms with Crippen LogP contribution in [0.4, 0.5) is 17.6 Å². The topological polar surface area (TPSA) is 38.0 Å². The van der Waals surface area contributed by atoms with E-state index >= 15 is 0 Å². The highest BCUT2D eigenvalue weighted by Crippen LogP contribution is 2.46. The van der Waals surface area contributed by atoms with Gasteiger partial charge in [-0.1, -0.05) is 30.5 Å². The third-order valence-electron chi connectivity index (χ3n) is 4.15. The molecule has 2 rings (SSSR count). The molecule has 3 N–H and O–H groups in total. The van der Waals surface area contributed by atoms with Gasteiger partial charge in [0.2, 0.25) is 0 Å². The summed E-state index contributed by atoms with van der Waals surface area (Å²) in [5.74, 6) is 2.54. The van der Waals surface area contributed by atoms with Crippen LogP contribution in [0.3, 0.4) is 0 Å². The van der Waals surface area contributed by atoms with Crippen molar-refractivity contribution in [1.29, 1.82) is 0 Å². The molecule has 2 nitrogen and oxygen atoms in total. The average molecular weight is 325 g/mol. The average Bonchev–Trinajstić information content (AvgIpc) is 2.41. The normalized spacial score (nSPS) is 24.9. The van der Waals surface area contributed by atoms with Crippen molar-refractivity contribution in [3.63, 3.8) is 0 Å². The van der Waals surface area contributed by atoms with E-state index in [0.717, 1.165) is 6.07 Å². The molecule has 0 bridgehead atoms. The molecule has 0 saturated heterocycles. The first-order valence-electron chi connectivity index (χ1n) is 6.82. The van der Waals surface area contributed by atoms with E-state index < -0.39 is 29.9 Å². The van der Waals surface area contributed by atoms with Crippen LogP contribution in [0, 0.1) is 17.7 Å². The summed E-state index contributed by atoms with van der Waals surface area (Å²) in [7, 11) is 0. The molecule has 118 valence electrons. The van der Waals surface area contributed by atoms with Crippen molar-refractivity contribution in [3.05, 3.63) is 34.6 Å². The van der Waals surface area contributed by atoms with Crippen molar-refractivity contribution in [2.75, 3.05) is 0 Å². The molecule has 1 fully saturated rings. The molecule has 3 unspecified atom stereocenters. The Hall–Kier alpha value is -0.850. The fraction of sp³-hybridized carbons (Fsp3) is 0.571. The van der Waals surface area contributed by atoms with Crippen LogP contribution in [0.25, 0.3) is 0 Å². The Morgan fingerprint density at radius 1 is 1.24 bits per heavy atom. The minimum absolute atomic E-state index is 0.0571. The van der Waals surface area contributed by atoms with Crippen LogP contribution in [-0.2, 0) is 0 Å². The molecule has 0 radical (unpaired) electrons. The molecule has 1 aromatic carbocycles. The predicted octanol–water partition coefficient (Wildman–Crippen LogP) is 4.35. The number of alkyl halides is 3. The molecule has 21 heavy (non-hydrogen) atoms. The van der Waals surface area contributed by atoms with Crippen LogP contribution in [0.5, 0.6) is 0 Å². The van der Waals surface area contributed by atoms with Crippen molar-refractivity contribution >= 4 is 11.6 Å². The molecule has 1 aliphatic rings. The zero-order chi connectivity index (χ0) is 15.6. The van der Waals surface area contributed by atoms with E-state index in [1.54, 1.807) is 0 Å². The van der Waals surface area contributed by atoms with E-state index in [4.69, 9.17) is 17.4 Å². The SMILES string of the molecule is NNC(c1ccc(Cl)cc1F)C1CCCCC1C(F)(F)F. The van der Waals surface area contributed by atoms with Crippen molar-refractivity contribution in [3.8, 4) is 0 Å². The van der Waals surface area contributed by atoms with E-state index in [0.29, 0.717) is 19.3 Å². The Bertz CT molecular complexity index is 492. The second-order valence-corrected chi connectivity index (χ2v) is 5.84. The van der Waals surface area contributed by atoms with Gasteiger partial charge in [-0.25, -0.2) is 4.39 Å². The minimum Gasteiger partial charge on any atom is -0.271 e. The molecule has 1 aromatic rings. The van der Waals surface area contributed by atoms with E-state index in [2.05, 4.69) is 5.43 Å². The summed E-state index contributed by atoms with van der Waals surface area (Å²) in [6.45, 7) is 0. The zero-order valence-electron chi connectivity index (χ0n) is 11.3. The second-order valence-electron chi connectivity index (χ2n) is 5.41. The first kappa shape index (κ1) is 16.5. The van der Waals surface area contributed by atoms with Crippen LogP contribution in [-0.4, -0.2) is 6.18 Å². The summed E-state index contributed by atoms with van der Waals surface area (Å²) in [5, 5.41) is 0.197. The smallest absolute Gasteiger partial charge is 0.271 e. The third-order valence-corrected chi connectivity index (χ3v) is 4.38. The first-order chi connectivity index (χ1) is 9.84. The number of rotatable bonds is 3. The Balaban J connectivity index is 2.34. The van der Waals surface area contributed by atoms with Crippen LogP contribution in [0.15, 0.2) is 18.2 Å². The number of hydrazine groups is 1. The second kappa shape index (κ2) is 6.50. The Morgan fingerprint density at radius 3 is 2.48 bits per heavy atom. The molecular formula is C14H17ClF4N2. The van der Waals surface area contributed by atoms with E-state index in [9.17, 15) is 17.6 Å².